The van der Waals surface area contributed by atoms with Crippen LogP contribution in [0, 0.1) is 5.92 Å². The molecule has 1 saturated heterocycles. The van der Waals surface area contributed by atoms with Crippen molar-refractivity contribution in [1.29, 1.82) is 0 Å². The summed E-state index contributed by atoms with van der Waals surface area (Å²) in [4.78, 5) is 49.7. The monoisotopic (exact) mass is 434 g/mol. The number of Topliss-reactive ketones (excluding diaryl/α,β-unsaturated/α-hetero) is 1. The number of ketones is 1. The second-order valence-corrected chi connectivity index (χ2v) is 7.63. The number of likely N-dealkylation sites (tertiary alicyclic amines) is 1. The zero-order chi connectivity index (χ0) is 22.9. The highest BCUT2D eigenvalue weighted by Gasteiger charge is 2.28. The number of nitrogens with one attached hydrogen (secondary N) is 1. The first-order chi connectivity index (χ1) is 15.4. The maximum atomic E-state index is 12.4. The third-order valence-corrected chi connectivity index (χ3v) is 5.23. The Labute approximate surface area is 187 Å². The lowest BCUT2D eigenvalue weighted by Gasteiger charge is -2.30. The third kappa shape index (κ3) is 6.63. The molecule has 0 bridgehead atoms. The number of nitrogens with zero attached hydrogens (tertiary/aromatic N) is 1. The third-order valence-electron chi connectivity index (χ3n) is 5.23. The van der Waals surface area contributed by atoms with Crippen molar-refractivity contribution in [2.24, 2.45) is 5.92 Å². The molecule has 0 aromatic heterocycles. The van der Waals surface area contributed by atoms with Crippen LogP contribution in [0.4, 0.5) is 5.69 Å². The van der Waals surface area contributed by atoms with Gasteiger partial charge in [0.25, 0.3) is 0 Å². The smallest absolute Gasteiger partial charge is 0.309 e. The number of esters is 1. The summed E-state index contributed by atoms with van der Waals surface area (Å²) < 4.78 is 5.22. The Morgan fingerprint density at radius 2 is 1.66 bits per heavy atom. The average Bonchev–Trinajstić information content (AvgIpc) is 2.81. The quantitative estimate of drug-likeness (QED) is 0.410. The van der Waals surface area contributed by atoms with E-state index in [1.165, 1.54) is 6.92 Å². The molecule has 0 atom stereocenters. The van der Waals surface area contributed by atoms with Gasteiger partial charge in [0.05, 0.1) is 5.92 Å². The van der Waals surface area contributed by atoms with Crippen LogP contribution >= 0.6 is 0 Å². The van der Waals surface area contributed by atoms with Crippen molar-refractivity contribution >= 4 is 35.3 Å². The van der Waals surface area contributed by atoms with Crippen molar-refractivity contribution in [1.82, 2.24) is 4.90 Å². The zero-order valence-electron chi connectivity index (χ0n) is 18.0. The largest absolute Gasteiger partial charge is 0.457 e. The van der Waals surface area contributed by atoms with E-state index < -0.39 is 5.97 Å². The Balaban J connectivity index is 1.42. The average molecular weight is 434 g/mol. The number of rotatable bonds is 7. The number of carbonyl (C=O) groups excluding carboxylic acids is 4. The molecule has 7 nitrogen and oxygen atoms in total. The molecule has 0 spiro atoms. The van der Waals surface area contributed by atoms with E-state index in [0.29, 0.717) is 37.2 Å². The fourth-order valence-electron chi connectivity index (χ4n) is 3.45. The predicted molar refractivity (Wildman–Crippen MR) is 121 cm³/mol. The molecule has 2 aromatic rings. The summed E-state index contributed by atoms with van der Waals surface area (Å²) >= 11 is 0. The maximum absolute atomic E-state index is 12.4. The number of ether oxygens (including phenoxy) is 1. The van der Waals surface area contributed by atoms with Gasteiger partial charge in [0.2, 0.25) is 11.8 Å². The van der Waals surface area contributed by atoms with E-state index in [2.05, 4.69) is 5.32 Å². The molecule has 2 amide bonds. The van der Waals surface area contributed by atoms with E-state index in [4.69, 9.17) is 4.74 Å². The number of amides is 2. The molecule has 0 radical (unpaired) electrons. The van der Waals surface area contributed by atoms with Crippen LogP contribution < -0.4 is 5.32 Å². The van der Waals surface area contributed by atoms with Gasteiger partial charge in [-0.1, -0.05) is 30.3 Å². The number of benzene rings is 2. The molecule has 0 unspecified atom stereocenters. The van der Waals surface area contributed by atoms with Gasteiger partial charge in [-0.2, -0.15) is 0 Å². The van der Waals surface area contributed by atoms with Gasteiger partial charge in [0.1, 0.15) is 0 Å². The minimum Gasteiger partial charge on any atom is -0.457 e. The highest BCUT2D eigenvalue weighted by Crippen LogP contribution is 2.19. The van der Waals surface area contributed by atoms with Crippen LogP contribution in [-0.4, -0.2) is 48.2 Å². The maximum Gasteiger partial charge on any atom is 0.309 e. The number of piperidine rings is 1. The second-order valence-electron chi connectivity index (χ2n) is 7.63. The zero-order valence-corrected chi connectivity index (χ0v) is 18.0. The van der Waals surface area contributed by atoms with Crippen molar-refractivity contribution in [3.05, 3.63) is 71.8 Å². The highest BCUT2D eigenvalue weighted by atomic mass is 16.5. The lowest BCUT2D eigenvalue weighted by Crippen LogP contribution is -2.40. The van der Waals surface area contributed by atoms with Crippen LogP contribution in [0.5, 0.6) is 0 Å². The van der Waals surface area contributed by atoms with Crippen LogP contribution in [0.25, 0.3) is 6.08 Å². The number of hydrogen-bond donors (Lipinski definition) is 1. The molecule has 1 fully saturated rings. The molecule has 2 aromatic carbocycles. The second kappa shape index (κ2) is 11.0. The molecular weight excluding hydrogens is 408 g/mol. The Morgan fingerprint density at radius 1 is 1.00 bits per heavy atom. The van der Waals surface area contributed by atoms with Crippen LogP contribution in [0.1, 0.15) is 35.7 Å². The molecule has 1 N–H and O–H groups in total. The summed E-state index contributed by atoms with van der Waals surface area (Å²) in [5.74, 6) is -1.34. The molecule has 32 heavy (non-hydrogen) atoms. The first-order valence-corrected chi connectivity index (χ1v) is 10.5. The van der Waals surface area contributed by atoms with Gasteiger partial charge in [-0.3, -0.25) is 19.2 Å². The molecule has 0 saturated carbocycles. The van der Waals surface area contributed by atoms with Crippen molar-refractivity contribution in [3.63, 3.8) is 0 Å². The fourth-order valence-corrected chi connectivity index (χ4v) is 3.45. The molecule has 1 heterocycles. The molecule has 1 aliphatic heterocycles. The fraction of sp³-hybridized carbons (Fsp3) is 0.280. The van der Waals surface area contributed by atoms with Gasteiger partial charge in [0.15, 0.2) is 12.4 Å². The lowest BCUT2D eigenvalue weighted by atomic mass is 9.97. The number of hydrogen-bond acceptors (Lipinski definition) is 5. The van der Waals surface area contributed by atoms with Crippen molar-refractivity contribution in [3.8, 4) is 0 Å². The van der Waals surface area contributed by atoms with Crippen molar-refractivity contribution in [2.45, 2.75) is 19.8 Å². The summed E-state index contributed by atoms with van der Waals surface area (Å²) in [7, 11) is 0. The van der Waals surface area contributed by atoms with Crippen molar-refractivity contribution < 1.29 is 23.9 Å². The summed E-state index contributed by atoms with van der Waals surface area (Å²) in [6.45, 7) is 2.00. The molecule has 1 aliphatic rings. The molecule has 166 valence electrons. The Bertz CT molecular complexity index is 991. The molecular formula is C25H26N2O5. The lowest BCUT2D eigenvalue weighted by molar-refractivity contribution is -0.150. The van der Waals surface area contributed by atoms with E-state index in [0.717, 1.165) is 5.56 Å². The van der Waals surface area contributed by atoms with Gasteiger partial charge >= 0.3 is 5.97 Å². The summed E-state index contributed by atoms with van der Waals surface area (Å²) in [6, 6.07) is 16.0. The normalized spacial score (nSPS) is 14.2. The van der Waals surface area contributed by atoms with Gasteiger partial charge in [-0.25, -0.2) is 0 Å². The van der Waals surface area contributed by atoms with E-state index in [9.17, 15) is 19.2 Å². The minimum atomic E-state index is -0.417. The molecule has 3 rings (SSSR count). The van der Waals surface area contributed by atoms with Crippen LogP contribution in [0.15, 0.2) is 60.7 Å². The Morgan fingerprint density at radius 3 is 2.28 bits per heavy atom. The summed E-state index contributed by atoms with van der Waals surface area (Å²) in [5, 5.41) is 2.62. The van der Waals surface area contributed by atoms with Gasteiger partial charge in [0, 0.05) is 37.3 Å². The Hall–Kier alpha value is -3.74. The standard InChI is InChI=1S/C25H26N2O5/c1-18(28)26-22-10-8-20(9-11-22)23(29)17-32-25(31)21-13-15-27(16-14-21)24(30)12-7-19-5-3-2-4-6-19/h2-12,21H,13-17H2,1H3,(H,26,28)/b12-7+. The molecule has 7 heteroatoms. The van der Waals surface area contributed by atoms with E-state index >= 15 is 0 Å². The first-order valence-electron chi connectivity index (χ1n) is 10.5. The SMILES string of the molecule is CC(=O)Nc1ccc(C(=O)COC(=O)C2CCN(C(=O)/C=C/c3ccccc3)CC2)cc1. The molecule has 0 aliphatic carbocycles. The summed E-state index contributed by atoms with van der Waals surface area (Å²) in [5.41, 5.74) is 1.94. The van der Waals surface area contributed by atoms with Gasteiger partial charge in [-0.05, 0) is 48.7 Å². The van der Waals surface area contributed by atoms with Crippen LogP contribution in [-0.2, 0) is 19.1 Å². The topological polar surface area (TPSA) is 92.8 Å². The summed E-state index contributed by atoms with van der Waals surface area (Å²) in [6.07, 6.45) is 4.33. The number of carbonyl (C=O) groups is 4. The first kappa shape index (κ1) is 22.9. The van der Waals surface area contributed by atoms with Crippen LogP contribution in [0.3, 0.4) is 0 Å². The van der Waals surface area contributed by atoms with E-state index in [-0.39, 0.29) is 30.1 Å². The van der Waals surface area contributed by atoms with Crippen LogP contribution in [0.2, 0.25) is 0 Å². The predicted octanol–water partition coefficient (Wildman–Crippen LogP) is 3.32. The van der Waals surface area contributed by atoms with E-state index in [1.807, 2.05) is 30.3 Å². The van der Waals surface area contributed by atoms with Crippen molar-refractivity contribution in [2.75, 3.05) is 25.0 Å². The highest BCUT2D eigenvalue weighted by molar-refractivity contribution is 5.98. The van der Waals surface area contributed by atoms with Gasteiger partial charge < -0.3 is 15.0 Å². The number of anilines is 1. The minimum absolute atomic E-state index is 0.0847. The van der Waals surface area contributed by atoms with E-state index in [1.54, 1.807) is 41.3 Å². The Kier molecular flexibility index (Phi) is 7.91. The van der Waals surface area contributed by atoms with Gasteiger partial charge in [-0.15, -0.1) is 0 Å².